The Morgan fingerprint density at radius 1 is 1.50 bits per heavy atom. The number of nitrogens with zero attached hydrogens (tertiary/aromatic N) is 1. The smallest absolute Gasteiger partial charge is 0.339 e. The van der Waals surface area contributed by atoms with Crippen molar-refractivity contribution in [2.75, 3.05) is 6.61 Å². The van der Waals surface area contributed by atoms with E-state index in [0.29, 0.717) is 10.6 Å². The molecule has 0 aromatic heterocycles. The lowest BCUT2D eigenvalue weighted by Crippen LogP contribution is -2.06. The van der Waals surface area contributed by atoms with Gasteiger partial charge in [-0.25, -0.2) is 4.79 Å². The Balaban J connectivity index is 3.05. The summed E-state index contributed by atoms with van der Waals surface area (Å²) >= 11 is 5.73. The van der Waals surface area contributed by atoms with Crippen molar-refractivity contribution in [1.82, 2.24) is 0 Å². The SMILES string of the molecule is CCOC(=O)C(=CC#N)c1ccc(Cl)cc1. The Labute approximate surface area is 98.9 Å². The third-order valence-corrected chi connectivity index (χ3v) is 2.11. The monoisotopic (exact) mass is 235 g/mol. The molecule has 4 heteroatoms. The van der Waals surface area contributed by atoms with E-state index in [2.05, 4.69) is 0 Å². The van der Waals surface area contributed by atoms with Gasteiger partial charge in [-0.05, 0) is 24.6 Å². The summed E-state index contributed by atoms with van der Waals surface area (Å²) in [7, 11) is 0. The predicted octanol–water partition coefficient (Wildman–Crippen LogP) is 2.81. The Bertz CT molecular complexity index is 443. The minimum atomic E-state index is -0.508. The molecule has 3 nitrogen and oxygen atoms in total. The molecule has 82 valence electrons. The van der Waals surface area contributed by atoms with Crippen molar-refractivity contribution in [3.8, 4) is 6.07 Å². The van der Waals surface area contributed by atoms with Gasteiger partial charge in [0.05, 0.1) is 18.2 Å². The first kappa shape index (κ1) is 12.3. The highest BCUT2D eigenvalue weighted by molar-refractivity contribution is 6.30. The second kappa shape index (κ2) is 5.94. The highest BCUT2D eigenvalue weighted by Gasteiger charge is 2.12. The summed E-state index contributed by atoms with van der Waals surface area (Å²) in [5.41, 5.74) is 0.852. The number of hydrogen-bond acceptors (Lipinski definition) is 3. The van der Waals surface area contributed by atoms with Crippen molar-refractivity contribution in [3.05, 3.63) is 40.9 Å². The maximum Gasteiger partial charge on any atom is 0.339 e. The molecule has 0 heterocycles. The molecule has 16 heavy (non-hydrogen) atoms. The van der Waals surface area contributed by atoms with Crippen molar-refractivity contribution in [1.29, 1.82) is 5.26 Å². The van der Waals surface area contributed by atoms with E-state index in [4.69, 9.17) is 21.6 Å². The fourth-order valence-electron chi connectivity index (χ4n) is 1.16. The normalized spacial score (nSPS) is 10.7. The van der Waals surface area contributed by atoms with E-state index in [9.17, 15) is 4.79 Å². The maximum atomic E-state index is 11.5. The van der Waals surface area contributed by atoms with Gasteiger partial charge in [0, 0.05) is 11.1 Å². The van der Waals surface area contributed by atoms with Crippen molar-refractivity contribution >= 4 is 23.1 Å². The van der Waals surface area contributed by atoms with E-state index in [-0.39, 0.29) is 12.2 Å². The summed E-state index contributed by atoms with van der Waals surface area (Å²) in [6, 6.07) is 8.47. The number of rotatable bonds is 3. The number of carbonyl (C=O) groups is 1. The molecule has 0 bridgehead atoms. The maximum absolute atomic E-state index is 11.5. The molecule has 0 saturated heterocycles. The summed E-state index contributed by atoms with van der Waals surface area (Å²) in [6.45, 7) is 1.99. The third kappa shape index (κ3) is 3.11. The van der Waals surface area contributed by atoms with Crippen LogP contribution in [0.2, 0.25) is 5.02 Å². The van der Waals surface area contributed by atoms with Crippen molar-refractivity contribution < 1.29 is 9.53 Å². The number of benzene rings is 1. The number of halogens is 1. The zero-order valence-electron chi connectivity index (χ0n) is 8.74. The van der Waals surface area contributed by atoms with E-state index < -0.39 is 5.97 Å². The van der Waals surface area contributed by atoms with Gasteiger partial charge in [0.2, 0.25) is 0 Å². The molecule has 0 aliphatic carbocycles. The summed E-state index contributed by atoms with van der Waals surface area (Å²) in [5.74, 6) is -0.508. The zero-order valence-corrected chi connectivity index (χ0v) is 9.49. The third-order valence-electron chi connectivity index (χ3n) is 1.86. The molecular formula is C12H10ClNO2. The van der Waals surface area contributed by atoms with Crippen LogP contribution in [0.4, 0.5) is 0 Å². The van der Waals surface area contributed by atoms with Crippen LogP contribution < -0.4 is 0 Å². The van der Waals surface area contributed by atoms with Crippen molar-refractivity contribution in [2.24, 2.45) is 0 Å². The van der Waals surface area contributed by atoms with E-state index in [1.54, 1.807) is 31.2 Å². The van der Waals surface area contributed by atoms with Crippen LogP contribution in [0, 0.1) is 11.3 Å². The first-order valence-corrected chi connectivity index (χ1v) is 5.09. The number of nitriles is 1. The molecule has 0 radical (unpaired) electrons. The average molecular weight is 236 g/mol. The fraction of sp³-hybridized carbons (Fsp3) is 0.167. The lowest BCUT2D eigenvalue weighted by Gasteiger charge is -2.05. The molecule has 0 unspecified atom stereocenters. The molecule has 1 aromatic rings. The minimum absolute atomic E-state index is 0.237. The number of esters is 1. The highest BCUT2D eigenvalue weighted by atomic mass is 35.5. The van der Waals surface area contributed by atoms with E-state index in [1.807, 2.05) is 6.07 Å². The molecule has 0 saturated carbocycles. The second-order valence-corrected chi connectivity index (χ2v) is 3.35. The summed E-state index contributed by atoms with van der Waals surface area (Å²) in [6.07, 6.45) is 1.17. The van der Waals surface area contributed by atoms with Crippen molar-refractivity contribution in [3.63, 3.8) is 0 Å². The molecule has 1 rings (SSSR count). The zero-order chi connectivity index (χ0) is 12.0. The van der Waals surface area contributed by atoms with Crippen LogP contribution in [-0.2, 0) is 9.53 Å². The lowest BCUT2D eigenvalue weighted by atomic mass is 10.1. The fourth-order valence-corrected chi connectivity index (χ4v) is 1.29. The van der Waals surface area contributed by atoms with Gasteiger partial charge in [0.25, 0.3) is 0 Å². The van der Waals surface area contributed by atoms with Crippen molar-refractivity contribution in [2.45, 2.75) is 6.92 Å². The molecule has 0 atom stereocenters. The van der Waals surface area contributed by atoms with Crippen LogP contribution >= 0.6 is 11.6 Å². The molecule has 0 spiro atoms. The van der Waals surface area contributed by atoms with E-state index >= 15 is 0 Å². The summed E-state index contributed by atoms with van der Waals surface area (Å²) in [5, 5.41) is 9.18. The molecular weight excluding hydrogens is 226 g/mol. The first-order chi connectivity index (χ1) is 7.69. The summed E-state index contributed by atoms with van der Waals surface area (Å²) in [4.78, 5) is 11.5. The topological polar surface area (TPSA) is 50.1 Å². The number of hydrogen-bond donors (Lipinski definition) is 0. The van der Waals surface area contributed by atoms with Gasteiger partial charge in [-0.15, -0.1) is 0 Å². The van der Waals surface area contributed by atoms with Crippen LogP contribution in [0.25, 0.3) is 5.57 Å². The van der Waals surface area contributed by atoms with Gasteiger partial charge < -0.3 is 4.74 Å². The van der Waals surface area contributed by atoms with Gasteiger partial charge in [0.15, 0.2) is 0 Å². The van der Waals surface area contributed by atoms with Gasteiger partial charge in [-0.3, -0.25) is 0 Å². The molecule has 0 N–H and O–H groups in total. The van der Waals surface area contributed by atoms with E-state index in [0.717, 1.165) is 0 Å². The number of carbonyl (C=O) groups excluding carboxylic acids is 1. The largest absolute Gasteiger partial charge is 0.462 e. The quantitative estimate of drug-likeness (QED) is 0.460. The van der Waals surface area contributed by atoms with E-state index in [1.165, 1.54) is 6.08 Å². The Kier molecular flexibility index (Phi) is 4.56. The second-order valence-electron chi connectivity index (χ2n) is 2.91. The standard InChI is InChI=1S/C12H10ClNO2/c1-2-16-12(15)11(7-8-14)9-3-5-10(13)6-4-9/h3-7H,2H2,1H3. The first-order valence-electron chi connectivity index (χ1n) is 4.72. The average Bonchev–Trinajstić information content (AvgIpc) is 2.28. The Hall–Kier alpha value is -1.79. The number of ether oxygens (including phenoxy) is 1. The molecule has 1 aromatic carbocycles. The Morgan fingerprint density at radius 2 is 2.12 bits per heavy atom. The minimum Gasteiger partial charge on any atom is -0.462 e. The molecule has 0 fully saturated rings. The molecule has 0 aliphatic rings. The van der Waals surface area contributed by atoms with Crippen LogP contribution in [0.5, 0.6) is 0 Å². The van der Waals surface area contributed by atoms with Gasteiger partial charge in [-0.1, -0.05) is 23.7 Å². The lowest BCUT2D eigenvalue weighted by molar-refractivity contribution is -0.136. The van der Waals surface area contributed by atoms with Crippen LogP contribution in [-0.4, -0.2) is 12.6 Å². The molecule has 0 amide bonds. The predicted molar refractivity (Wildman–Crippen MR) is 61.7 cm³/mol. The highest BCUT2D eigenvalue weighted by Crippen LogP contribution is 2.18. The summed E-state index contributed by atoms with van der Waals surface area (Å²) < 4.78 is 4.85. The number of allylic oxidation sites excluding steroid dienone is 1. The Morgan fingerprint density at radius 3 is 2.62 bits per heavy atom. The van der Waals surface area contributed by atoms with Gasteiger partial charge in [0.1, 0.15) is 0 Å². The van der Waals surface area contributed by atoms with Gasteiger partial charge >= 0.3 is 5.97 Å². The van der Waals surface area contributed by atoms with Crippen LogP contribution in [0.1, 0.15) is 12.5 Å². The van der Waals surface area contributed by atoms with Gasteiger partial charge in [-0.2, -0.15) is 5.26 Å². The van der Waals surface area contributed by atoms with Crippen LogP contribution in [0.3, 0.4) is 0 Å². The van der Waals surface area contributed by atoms with Crippen LogP contribution in [0.15, 0.2) is 30.3 Å². The molecule has 0 aliphatic heterocycles.